The van der Waals surface area contributed by atoms with Crippen LogP contribution in [0.25, 0.3) is 0 Å². The van der Waals surface area contributed by atoms with Gasteiger partial charge in [-0.3, -0.25) is 4.68 Å². The molecule has 1 aliphatic carbocycles. The Morgan fingerprint density at radius 3 is 2.67 bits per heavy atom. The van der Waals surface area contributed by atoms with Crippen LogP contribution in [0, 0.1) is 5.92 Å². The number of rotatable bonds is 7. The van der Waals surface area contributed by atoms with Gasteiger partial charge in [-0.25, -0.2) is 0 Å². The molecule has 0 aliphatic heterocycles. The maximum Gasteiger partial charge on any atom is 0.0873 e. The SMILES string of the molecule is CCCNC(c1cnn(CC)c1)C1(OC)CCC(C)CC1. The summed E-state index contributed by atoms with van der Waals surface area (Å²) in [4.78, 5) is 0. The second-order valence-electron chi connectivity index (χ2n) is 6.47. The number of nitrogens with one attached hydrogen (secondary N) is 1. The first-order valence-electron chi connectivity index (χ1n) is 8.46. The molecule has 1 saturated carbocycles. The summed E-state index contributed by atoms with van der Waals surface area (Å²) in [7, 11) is 1.88. The molecule has 1 aliphatic rings. The van der Waals surface area contributed by atoms with Gasteiger partial charge in [0.15, 0.2) is 0 Å². The molecule has 1 aromatic rings. The minimum atomic E-state index is -0.0801. The summed E-state index contributed by atoms with van der Waals surface area (Å²) in [6.45, 7) is 8.62. The lowest BCUT2D eigenvalue weighted by atomic mass is 9.74. The second kappa shape index (κ2) is 7.41. The molecular weight excluding hydrogens is 262 g/mol. The Labute approximate surface area is 129 Å². The Balaban J connectivity index is 2.24. The van der Waals surface area contributed by atoms with Crippen LogP contribution < -0.4 is 5.32 Å². The molecule has 0 bridgehead atoms. The number of aryl methyl sites for hydroxylation is 1. The third kappa shape index (κ3) is 3.67. The summed E-state index contributed by atoms with van der Waals surface area (Å²) < 4.78 is 8.09. The average molecular weight is 293 g/mol. The molecule has 1 unspecified atom stereocenters. The predicted octanol–water partition coefficient (Wildman–Crippen LogP) is 3.54. The molecule has 4 heteroatoms. The van der Waals surface area contributed by atoms with Crippen molar-refractivity contribution in [2.45, 2.75) is 71.1 Å². The molecule has 4 nitrogen and oxygen atoms in total. The van der Waals surface area contributed by atoms with E-state index in [1.54, 1.807) is 0 Å². The third-order valence-electron chi connectivity index (χ3n) is 4.96. The molecular formula is C17H31N3O. The molecule has 1 heterocycles. The zero-order chi connectivity index (χ0) is 15.3. The van der Waals surface area contributed by atoms with Crippen molar-refractivity contribution in [3.05, 3.63) is 18.0 Å². The molecule has 0 saturated heterocycles. The first kappa shape index (κ1) is 16.5. The number of nitrogens with zero attached hydrogens (tertiary/aromatic N) is 2. The lowest BCUT2D eigenvalue weighted by molar-refractivity contribution is -0.0760. The minimum Gasteiger partial charge on any atom is -0.376 e. The molecule has 21 heavy (non-hydrogen) atoms. The summed E-state index contributed by atoms with van der Waals surface area (Å²) in [6, 6.07) is 0.246. The molecule has 0 radical (unpaired) electrons. The van der Waals surface area contributed by atoms with Crippen LogP contribution in [0.4, 0.5) is 0 Å². The van der Waals surface area contributed by atoms with Crippen LogP contribution in [0.1, 0.15) is 64.5 Å². The van der Waals surface area contributed by atoms with Gasteiger partial charge in [-0.15, -0.1) is 0 Å². The van der Waals surface area contributed by atoms with E-state index >= 15 is 0 Å². The van der Waals surface area contributed by atoms with Gasteiger partial charge in [0, 0.05) is 25.4 Å². The van der Waals surface area contributed by atoms with Gasteiger partial charge in [0.1, 0.15) is 0 Å². The average Bonchev–Trinajstić information content (AvgIpc) is 2.98. The quantitative estimate of drug-likeness (QED) is 0.836. The highest BCUT2D eigenvalue weighted by Crippen LogP contribution is 2.42. The van der Waals surface area contributed by atoms with Crippen LogP contribution in [0.5, 0.6) is 0 Å². The number of ether oxygens (including phenoxy) is 1. The van der Waals surface area contributed by atoms with Gasteiger partial charge in [0.25, 0.3) is 0 Å². The smallest absolute Gasteiger partial charge is 0.0873 e. The molecule has 120 valence electrons. The Hall–Kier alpha value is -0.870. The Bertz CT molecular complexity index is 421. The standard InChI is InChI=1S/C17H31N3O/c1-5-11-18-16(15-12-19-20(6-2)13-15)17(21-4)9-7-14(3)8-10-17/h12-14,16,18H,5-11H2,1-4H3. The highest BCUT2D eigenvalue weighted by atomic mass is 16.5. The fourth-order valence-electron chi connectivity index (χ4n) is 3.46. The first-order valence-corrected chi connectivity index (χ1v) is 8.46. The van der Waals surface area contributed by atoms with Crippen molar-refractivity contribution in [1.82, 2.24) is 15.1 Å². The van der Waals surface area contributed by atoms with Crippen molar-refractivity contribution in [2.75, 3.05) is 13.7 Å². The highest BCUT2D eigenvalue weighted by molar-refractivity contribution is 5.17. The van der Waals surface area contributed by atoms with Crippen molar-refractivity contribution in [3.8, 4) is 0 Å². The topological polar surface area (TPSA) is 39.1 Å². The van der Waals surface area contributed by atoms with E-state index in [1.807, 2.05) is 18.0 Å². The number of hydrogen-bond acceptors (Lipinski definition) is 3. The van der Waals surface area contributed by atoms with Gasteiger partial charge >= 0.3 is 0 Å². The van der Waals surface area contributed by atoms with E-state index in [9.17, 15) is 0 Å². The van der Waals surface area contributed by atoms with E-state index < -0.39 is 0 Å². The summed E-state index contributed by atoms with van der Waals surface area (Å²) in [6.07, 6.45) is 10.1. The molecule has 0 spiro atoms. The largest absolute Gasteiger partial charge is 0.376 e. The van der Waals surface area contributed by atoms with Crippen LogP contribution in [0.3, 0.4) is 0 Å². The van der Waals surface area contributed by atoms with Gasteiger partial charge in [-0.1, -0.05) is 13.8 Å². The van der Waals surface area contributed by atoms with E-state index in [2.05, 4.69) is 37.4 Å². The molecule has 0 aromatic carbocycles. The molecule has 1 fully saturated rings. The lowest BCUT2D eigenvalue weighted by Crippen LogP contribution is -2.48. The zero-order valence-corrected chi connectivity index (χ0v) is 14.1. The number of methoxy groups -OCH3 is 1. The highest BCUT2D eigenvalue weighted by Gasteiger charge is 2.42. The lowest BCUT2D eigenvalue weighted by Gasteiger charge is -2.44. The number of aromatic nitrogens is 2. The summed E-state index contributed by atoms with van der Waals surface area (Å²) in [5.41, 5.74) is 1.19. The predicted molar refractivity (Wildman–Crippen MR) is 86.3 cm³/mol. The fraction of sp³-hybridized carbons (Fsp3) is 0.824. The van der Waals surface area contributed by atoms with Crippen LogP contribution >= 0.6 is 0 Å². The normalized spacial score (nSPS) is 27.7. The van der Waals surface area contributed by atoms with Crippen LogP contribution in [0.15, 0.2) is 12.4 Å². The molecule has 1 N–H and O–H groups in total. The van der Waals surface area contributed by atoms with Gasteiger partial charge in [-0.2, -0.15) is 5.10 Å². The van der Waals surface area contributed by atoms with Crippen LogP contribution in [-0.4, -0.2) is 29.0 Å². The molecule has 1 aromatic heterocycles. The maximum atomic E-state index is 6.08. The minimum absolute atomic E-state index is 0.0801. The summed E-state index contributed by atoms with van der Waals surface area (Å²) >= 11 is 0. The van der Waals surface area contributed by atoms with Gasteiger partial charge in [-0.05, 0) is 51.5 Å². The van der Waals surface area contributed by atoms with Crippen molar-refractivity contribution in [2.24, 2.45) is 5.92 Å². The molecule has 2 rings (SSSR count). The van der Waals surface area contributed by atoms with Crippen molar-refractivity contribution in [1.29, 1.82) is 0 Å². The number of hydrogen-bond donors (Lipinski definition) is 1. The van der Waals surface area contributed by atoms with Crippen LogP contribution in [-0.2, 0) is 11.3 Å². The van der Waals surface area contributed by atoms with Crippen molar-refractivity contribution < 1.29 is 4.74 Å². The Morgan fingerprint density at radius 2 is 2.14 bits per heavy atom. The molecule has 1 atom stereocenters. The van der Waals surface area contributed by atoms with E-state index in [4.69, 9.17) is 4.74 Å². The Morgan fingerprint density at radius 1 is 1.43 bits per heavy atom. The van der Waals surface area contributed by atoms with Crippen molar-refractivity contribution >= 4 is 0 Å². The fourth-order valence-corrected chi connectivity index (χ4v) is 3.46. The third-order valence-corrected chi connectivity index (χ3v) is 4.96. The van der Waals surface area contributed by atoms with Gasteiger partial charge in [0.2, 0.25) is 0 Å². The van der Waals surface area contributed by atoms with E-state index in [0.717, 1.165) is 38.3 Å². The Kier molecular flexibility index (Phi) is 5.82. The van der Waals surface area contributed by atoms with Crippen molar-refractivity contribution in [3.63, 3.8) is 0 Å². The van der Waals surface area contributed by atoms with Gasteiger partial charge < -0.3 is 10.1 Å². The summed E-state index contributed by atoms with van der Waals surface area (Å²) in [5, 5.41) is 8.18. The van der Waals surface area contributed by atoms with Crippen LogP contribution in [0.2, 0.25) is 0 Å². The molecule has 0 amide bonds. The van der Waals surface area contributed by atoms with E-state index in [0.29, 0.717) is 0 Å². The maximum absolute atomic E-state index is 6.08. The summed E-state index contributed by atoms with van der Waals surface area (Å²) in [5.74, 6) is 0.818. The second-order valence-corrected chi connectivity index (χ2v) is 6.47. The van der Waals surface area contributed by atoms with E-state index in [1.165, 1.54) is 18.4 Å². The zero-order valence-electron chi connectivity index (χ0n) is 14.1. The first-order chi connectivity index (χ1) is 10.1. The van der Waals surface area contributed by atoms with E-state index in [-0.39, 0.29) is 11.6 Å². The van der Waals surface area contributed by atoms with Gasteiger partial charge in [0.05, 0.1) is 17.8 Å². The monoisotopic (exact) mass is 293 g/mol.